The van der Waals surface area contributed by atoms with Gasteiger partial charge in [0, 0.05) is 17.7 Å². The Labute approximate surface area is 79.8 Å². The number of rotatable bonds is 1. The number of ether oxygens (including phenoxy) is 1. The molecule has 5 heteroatoms. The van der Waals surface area contributed by atoms with E-state index >= 15 is 0 Å². The summed E-state index contributed by atoms with van der Waals surface area (Å²) >= 11 is 5.92. The van der Waals surface area contributed by atoms with E-state index in [1.165, 1.54) is 0 Å². The van der Waals surface area contributed by atoms with E-state index in [9.17, 15) is 9.59 Å². The van der Waals surface area contributed by atoms with Crippen LogP contribution >= 0.6 is 11.6 Å². The lowest BCUT2D eigenvalue weighted by molar-refractivity contribution is -0.165. The topological polar surface area (TPSA) is 63.6 Å². The Morgan fingerprint density at radius 2 is 2.31 bits per heavy atom. The zero-order valence-electron chi connectivity index (χ0n) is 6.77. The fourth-order valence-corrected chi connectivity index (χ4v) is 2.59. The number of carbonyl (C=O) groups is 2. The Bertz CT molecular complexity index is 265. The van der Waals surface area contributed by atoms with Crippen molar-refractivity contribution in [3.8, 4) is 0 Å². The molecular weight excluding hydrogens is 196 g/mol. The third-order valence-corrected chi connectivity index (χ3v) is 3.26. The number of alkyl halides is 1. The van der Waals surface area contributed by atoms with Crippen molar-refractivity contribution in [2.45, 2.75) is 24.3 Å². The standard InChI is InChI=1S/C8H9ClO4/c9-4-2-5-7(8(11)12)3(4)1-6(10)13-5/h3-5,7H,1-2H2,(H,11,12)/t3-,4+,5+,7?/m1/s1. The van der Waals surface area contributed by atoms with Crippen molar-refractivity contribution in [2.24, 2.45) is 11.8 Å². The van der Waals surface area contributed by atoms with Gasteiger partial charge in [0.2, 0.25) is 0 Å². The maximum absolute atomic E-state index is 11.0. The lowest BCUT2D eigenvalue weighted by atomic mass is 9.90. The van der Waals surface area contributed by atoms with Gasteiger partial charge >= 0.3 is 11.9 Å². The molecule has 1 heterocycles. The van der Waals surface area contributed by atoms with Crippen molar-refractivity contribution in [2.75, 3.05) is 0 Å². The number of carboxylic acids is 1. The Morgan fingerprint density at radius 3 is 2.85 bits per heavy atom. The molecule has 1 saturated carbocycles. The SMILES string of the molecule is O=C1C[C@H]2C(C(=O)O)[C@H](C[C@@H]2Cl)O1. The molecule has 2 rings (SSSR count). The van der Waals surface area contributed by atoms with Gasteiger partial charge in [-0.15, -0.1) is 11.6 Å². The molecule has 0 aromatic carbocycles. The highest BCUT2D eigenvalue weighted by Crippen LogP contribution is 2.43. The monoisotopic (exact) mass is 204 g/mol. The highest BCUT2D eigenvalue weighted by atomic mass is 35.5. The van der Waals surface area contributed by atoms with Crippen molar-refractivity contribution in [1.29, 1.82) is 0 Å². The van der Waals surface area contributed by atoms with Crippen LogP contribution in [0.5, 0.6) is 0 Å². The molecule has 1 saturated heterocycles. The summed E-state index contributed by atoms with van der Waals surface area (Å²) in [7, 11) is 0. The number of hydrogen-bond acceptors (Lipinski definition) is 3. The predicted molar refractivity (Wildman–Crippen MR) is 43.4 cm³/mol. The minimum Gasteiger partial charge on any atom is -0.481 e. The Hall–Kier alpha value is -0.770. The number of carbonyl (C=O) groups excluding carboxylic acids is 1. The van der Waals surface area contributed by atoms with Crippen LogP contribution in [-0.4, -0.2) is 28.5 Å². The highest BCUT2D eigenvalue weighted by molar-refractivity contribution is 6.21. The summed E-state index contributed by atoms with van der Waals surface area (Å²) in [4.78, 5) is 21.8. The molecule has 2 fully saturated rings. The molecule has 13 heavy (non-hydrogen) atoms. The minimum atomic E-state index is -0.911. The zero-order valence-corrected chi connectivity index (χ0v) is 7.53. The van der Waals surface area contributed by atoms with Gasteiger partial charge in [0.25, 0.3) is 0 Å². The highest BCUT2D eigenvalue weighted by Gasteiger charge is 2.52. The summed E-state index contributed by atoms with van der Waals surface area (Å²) in [6.07, 6.45) is 0.0996. The van der Waals surface area contributed by atoms with Gasteiger partial charge in [0.05, 0.1) is 12.3 Å². The molecule has 1 N–H and O–H groups in total. The summed E-state index contributed by atoms with van der Waals surface area (Å²) in [6.45, 7) is 0. The molecule has 0 aromatic rings. The van der Waals surface area contributed by atoms with E-state index < -0.39 is 18.0 Å². The van der Waals surface area contributed by atoms with Gasteiger partial charge in [-0.05, 0) is 0 Å². The lowest BCUT2D eigenvalue weighted by Gasteiger charge is -2.26. The van der Waals surface area contributed by atoms with Gasteiger partial charge in [-0.2, -0.15) is 0 Å². The molecule has 2 bridgehead atoms. The molecule has 72 valence electrons. The molecule has 0 aromatic heterocycles. The largest absolute Gasteiger partial charge is 0.481 e. The van der Waals surface area contributed by atoms with Crippen LogP contribution in [0.3, 0.4) is 0 Å². The van der Waals surface area contributed by atoms with Crippen LogP contribution in [-0.2, 0) is 14.3 Å². The van der Waals surface area contributed by atoms with Crippen LogP contribution in [0.25, 0.3) is 0 Å². The average Bonchev–Trinajstić information content (AvgIpc) is 2.21. The Kier molecular flexibility index (Phi) is 1.95. The normalized spacial score (nSPS) is 43.0. The minimum absolute atomic E-state index is 0.141. The summed E-state index contributed by atoms with van der Waals surface area (Å²) in [5.41, 5.74) is 0. The van der Waals surface area contributed by atoms with Crippen LogP contribution in [0.4, 0.5) is 0 Å². The summed E-state index contributed by atoms with van der Waals surface area (Å²) in [5, 5.41) is 8.63. The first kappa shape index (κ1) is 8.81. The number of hydrogen-bond donors (Lipinski definition) is 1. The number of esters is 1. The third-order valence-electron chi connectivity index (χ3n) is 2.75. The van der Waals surface area contributed by atoms with Crippen LogP contribution in [0.1, 0.15) is 12.8 Å². The van der Waals surface area contributed by atoms with E-state index in [2.05, 4.69) is 0 Å². The molecular formula is C8H9ClO4. The van der Waals surface area contributed by atoms with Gasteiger partial charge in [0.1, 0.15) is 6.10 Å². The first-order chi connectivity index (χ1) is 6.09. The molecule has 0 radical (unpaired) electrons. The van der Waals surface area contributed by atoms with Crippen molar-refractivity contribution in [1.82, 2.24) is 0 Å². The number of fused-ring (bicyclic) bond motifs is 2. The smallest absolute Gasteiger partial charge is 0.310 e. The summed E-state index contributed by atoms with van der Waals surface area (Å²) < 4.78 is 4.92. The molecule has 1 aliphatic heterocycles. The van der Waals surface area contributed by atoms with Crippen LogP contribution in [0, 0.1) is 11.8 Å². The van der Waals surface area contributed by atoms with E-state index in [0.29, 0.717) is 6.42 Å². The van der Waals surface area contributed by atoms with E-state index in [-0.39, 0.29) is 23.7 Å². The average molecular weight is 205 g/mol. The van der Waals surface area contributed by atoms with Gasteiger partial charge in [-0.1, -0.05) is 0 Å². The molecule has 1 unspecified atom stereocenters. The fourth-order valence-electron chi connectivity index (χ4n) is 2.17. The molecule has 4 atom stereocenters. The van der Waals surface area contributed by atoms with E-state index in [1.54, 1.807) is 0 Å². The molecule has 2 aliphatic rings. The van der Waals surface area contributed by atoms with E-state index in [0.717, 1.165) is 0 Å². The quantitative estimate of drug-likeness (QED) is 0.503. The van der Waals surface area contributed by atoms with E-state index in [4.69, 9.17) is 21.4 Å². The van der Waals surface area contributed by atoms with Gasteiger partial charge in [-0.25, -0.2) is 0 Å². The number of halogens is 1. The Balaban J connectivity index is 2.24. The van der Waals surface area contributed by atoms with Crippen molar-refractivity contribution >= 4 is 23.5 Å². The van der Waals surface area contributed by atoms with Crippen molar-refractivity contribution in [3.05, 3.63) is 0 Å². The molecule has 1 aliphatic carbocycles. The first-order valence-corrected chi connectivity index (χ1v) is 4.59. The third kappa shape index (κ3) is 1.29. The first-order valence-electron chi connectivity index (χ1n) is 4.16. The summed E-state index contributed by atoms with van der Waals surface area (Å²) in [5.74, 6) is -2.08. The molecule has 0 spiro atoms. The van der Waals surface area contributed by atoms with Gasteiger partial charge in [-0.3, -0.25) is 9.59 Å². The number of aliphatic carboxylic acids is 1. The predicted octanol–water partition coefficient (Wildman–Crippen LogP) is 0.630. The fraction of sp³-hybridized carbons (Fsp3) is 0.750. The lowest BCUT2D eigenvalue weighted by Crippen LogP contribution is -2.38. The van der Waals surface area contributed by atoms with Crippen LogP contribution in [0.15, 0.2) is 0 Å². The van der Waals surface area contributed by atoms with Crippen LogP contribution < -0.4 is 0 Å². The van der Waals surface area contributed by atoms with Crippen molar-refractivity contribution in [3.63, 3.8) is 0 Å². The second-order valence-electron chi connectivity index (χ2n) is 3.51. The van der Waals surface area contributed by atoms with E-state index in [1.807, 2.05) is 0 Å². The second-order valence-corrected chi connectivity index (χ2v) is 4.07. The second kappa shape index (κ2) is 2.87. The summed E-state index contributed by atoms with van der Waals surface area (Å²) in [6, 6.07) is 0. The van der Waals surface area contributed by atoms with Crippen molar-refractivity contribution < 1.29 is 19.4 Å². The Morgan fingerprint density at radius 1 is 1.62 bits per heavy atom. The van der Waals surface area contributed by atoms with Gasteiger partial charge < -0.3 is 9.84 Å². The molecule has 4 nitrogen and oxygen atoms in total. The van der Waals surface area contributed by atoms with Gasteiger partial charge in [0.15, 0.2) is 0 Å². The molecule has 0 amide bonds. The van der Waals surface area contributed by atoms with Crippen LogP contribution in [0.2, 0.25) is 0 Å². The maximum atomic E-state index is 11.0. The zero-order chi connectivity index (χ0) is 9.59. The maximum Gasteiger partial charge on any atom is 0.310 e. The number of carboxylic acid groups (broad SMARTS) is 1.